The Bertz CT molecular complexity index is 885. The third-order valence-corrected chi connectivity index (χ3v) is 6.47. The summed E-state index contributed by atoms with van der Waals surface area (Å²) in [6.07, 6.45) is 0.952. The summed E-state index contributed by atoms with van der Waals surface area (Å²) in [5.41, 5.74) is 4.56. The van der Waals surface area contributed by atoms with Crippen LogP contribution >= 0.6 is 0 Å². The van der Waals surface area contributed by atoms with Crippen molar-refractivity contribution in [2.24, 2.45) is 0 Å². The number of carbonyl (C=O) groups is 2. The van der Waals surface area contributed by atoms with Gasteiger partial charge >= 0.3 is 0 Å². The first-order valence-corrected chi connectivity index (χ1v) is 10.6. The summed E-state index contributed by atoms with van der Waals surface area (Å²) in [5, 5.41) is 0. The molecular weight excluding hydrogens is 362 g/mol. The number of nitrogens with one attached hydrogen (secondary N) is 1. The van der Waals surface area contributed by atoms with Crippen molar-refractivity contribution in [1.29, 1.82) is 0 Å². The van der Waals surface area contributed by atoms with Gasteiger partial charge in [0.25, 0.3) is 5.91 Å². The van der Waals surface area contributed by atoms with Crippen LogP contribution in [0.15, 0.2) is 48.5 Å². The molecule has 5 heteroatoms. The molecule has 4 rings (SSSR count). The number of Topliss-reactive ketones (excluding diaryl/α,β-unsaturated/α-hetero) is 1. The van der Waals surface area contributed by atoms with E-state index in [0.717, 1.165) is 56.9 Å². The summed E-state index contributed by atoms with van der Waals surface area (Å²) in [6, 6.07) is 16.3. The molecule has 2 aromatic rings. The number of hydrogen-bond acceptors (Lipinski definition) is 3. The van der Waals surface area contributed by atoms with Gasteiger partial charge in [-0.05, 0) is 55.7 Å². The van der Waals surface area contributed by atoms with E-state index in [-0.39, 0.29) is 17.7 Å². The van der Waals surface area contributed by atoms with Gasteiger partial charge in [-0.25, -0.2) is 0 Å². The summed E-state index contributed by atoms with van der Waals surface area (Å²) in [4.78, 5) is 30.3. The molecule has 0 spiro atoms. The molecule has 2 aliphatic heterocycles. The number of ketones is 1. The van der Waals surface area contributed by atoms with Gasteiger partial charge in [-0.2, -0.15) is 0 Å². The van der Waals surface area contributed by atoms with Crippen LogP contribution in [0.1, 0.15) is 35.3 Å². The van der Waals surface area contributed by atoms with E-state index in [1.165, 1.54) is 16.0 Å². The van der Waals surface area contributed by atoms with Gasteiger partial charge < -0.3 is 14.7 Å². The molecule has 1 atom stereocenters. The van der Waals surface area contributed by atoms with Gasteiger partial charge in [-0.1, -0.05) is 24.3 Å². The van der Waals surface area contributed by atoms with Gasteiger partial charge in [0.1, 0.15) is 0 Å². The second-order valence-electron chi connectivity index (χ2n) is 8.25. The van der Waals surface area contributed by atoms with Crippen molar-refractivity contribution in [2.75, 3.05) is 37.6 Å². The third-order valence-electron chi connectivity index (χ3n) is 6.47. The van der Waals surface area contributed by atoms with Crippen LogP contribution in [0.5, 0.6) is 0 Å². The average molecular weight is 393 g/mol. The van der Waals surface area contributed by atoms with Crippen LogP contribution in [0.3, 0.4) is 0 Å². The highest BCUT2D eigenvalue weighted by Crippen LogP contribution is 2.19. The molecule has 152 valence electrons. The molecule has 29 heavy (non-hydrogen) atoms. The fourth-order valence-corrected chi connectivity index (χ4v) is 4.52. The van der Waals surface area contributed by atoms with Crippen molar-refractivity contribution >= 4 is 17.4 Å². The summed E-state index contributed by atoms with van der Waals surface area (Å²) in [5.74, 6) is 0.368. The molecule has 0 unspecified atom stereocenters. The first kappa shape index (κ1) is 19.6. The fraction of sp³-hybridized carbons (Fsp3) is 0.417. The van der Waals surface area contributed by atoms with Crippen molar-refractivity contribution in [1.82, 2.24) is 4.90 Å². The van der Waals surface area contributed by atoms with E-state index in [4.69, 9.17) is 0 Å². The van der Waals surface area contributed by atoms with Gasteiger partial charge in [0.05, 0.1) is 26.2 Å². The quantitative estimate of drug-likeness (QED) is 0.804. The average Bonchev–Trinajstić information content (AvgIpc) is 2.78. The fourth-order valence-electron chi connectivity index (χ4n) is 4.52. The number of piperazine rings is 1. The molecule has 2 aromatic carbocycles. The number of rotatable bonds is 4. The zero-order valence-electron chi connectivity index (χ0n) is 17.4. The van der Waals surface area contributed by atoms with Crippen LogP contribution in [0, 0.1) is 0 Å². The standard InChI is InChI=1S/C24H29N3O2/c1-18(24(29)27-12-11-21-5-3-4-6-22(21)17-27)25-13-15-26(16-14-25)23-9-7-20(8-10-23)19(2)28/h3-10,18H,11-17H2,1-2H3/p+1/t18-/m0/s1. The summed E-state index contributed by atoms with van der Waals surface area (Å²) in [6.45, 7) is 8.98. The van der Waals surface area contributed by atoms with Crippen molar-refractivity contribution in [3.63, 3.8) is 0 Å². The molecule has 2 aliphatic rings. The van der Waals surface area contributed by atoms with Crippen LogP contribution < -0.4 is 9.80 Å². The monoisotopic (exact) mass is 392 g/mol. The van der Waals surface area contributed by atoms with Crippen LogP contribution in [0.4, 0.5) is 5.69 Å². The first-order valence-electron chi connectivity index (χ1n) is 10.6. The molecule has 1 saturated heterocycles. The minimum atomic E-state index is -0.0116. The van der Waals surface area contributed by atoms with Crippen LogP contribution in [0.2, 0.25) is 0 Å². The predicted octanol–water partition coefficient (Wildman–Crippen LogP) is 1.57. The number of hydrogen-bond donors (Lipinski definition) is 1. The minimum Gasteiger partial charge on any atom is -0.360 e. The number of carbonyl (C=O) groups excluding carboxylic acids is 2. The summed E-state index contributed by atoms with van der Waals surface area (Å²) in [7, 11) is 0. The molecule has 0 radical (unpaired) electrons. The number of amides is 1. The van der Waals surface area contributed by atoms with Gasteiger partial charge in [-0.15, -0.1) is 0 Å². The van der Waals surface area contributed by atoms with Crippen molar-refractivity contribution in [3.8, 4) is 0 Å². The highest BCUT2D eigenvalue weighted by atomic mass is 16.2. The number of fused-ring (bicyclic) bond motifs is 1. The molecular formula is C24H30N3O2+. The van der Waals surface area contributed by atoms with Gasteiger partial charge in [0.2, 0.25) is 0 Å². The smallest absolute Gasteiger partial charge is 0.280 e. The maximum atomic E-state index is 13.1. The zero-order chi connectivity index (χ0) is 20.4. The predicted molar refractivity (Wildman–Crippen MR) is 114 cm³/mol. The maximum absolute atomic E-state index is 13.1. The molecule has 5 nitrogen and oxygen atoms in total. The largest absolute Gasteiger partial charge is 0.360 e. The molecule has 1 fully saturated rings. The van der Waals surface area contributed by atoms with E-state index in [0.29, 0.717) is 0 Å². The molecule has 1 N–H and O–H groups in total. The lowest BCUT2D eigenvalue weighted by atomic mass is 9.99. The van der Waals surface area contributed by atoms with E-state index < -0.39 is 0 Å². The highest BCUT2D eigenvalue weighted by molar-refractivity contribution is 5.94. The van der Waals surface area contributed by atoms with E-state index in [2.05, 4.69) is 36.1 Å². The van der Waals surface area contributed by atoms with E-state index in [1.807, 2.05) is 29.2 Å². The van der Waals surface area contributed by atoms with Crippen molar-refractivity contribution in [2.45, 2.75) is 32.9 Å². The van der Waals surface area contributed by atoms with Gasteiger partial charge in [0, 0.05) is 24.3 Å². The Labute approximate surface area is 172 Å². The topological polar surface area (TPSA) is 45.1 Å². The number of nitrogens with zero attached hydrogens (tertiary/aromatic N) is 2. The molecule has 2 heterocycles. The van der Waals surface area contributed by atoms with E-state index >= 15 is 0 Å². The Morgan fingerprint density at radius 2 is 1.59 bits per heavy atom. The zero-order valence-corrected chi connectivity index (χ0v) is 17.4. The van der Waals surface area contributed by atoms with Crippen LogP contribution in [-0.4, -0.2) is 55.4 Å². The molecule has 0 saturated carbocycles. The molecule has 1 amide bonds. The van der Waals surface area contributed by atoms with Crippen molar-refractivity contribution < 1.29 is 14.5 Å². The van der Waals surface area contributed by atoms with E-state index in [1.54, 1.807) is 6.92 Å². The summed E-state index contributed by atoms with van der Waals surface area (Å²) < 4.78 is 0. The third kappa shape index (κ3) is 4.20. The Morgan fingerprint density at radius 1 is 0.931 bits per heavy atom. The lowest BCUT2D eigenvalue weighted by molar-refractivity contribution is -0.915. The van der Waals surface area contributed by atoms with Gasteiger partial charge in [-0.3, -0.25) is 9.59 Å². The number of quaternary nitrogens is 1. The second-order valence-corrected chi connectivity index (χ2v) is 8.25. The lowest BCUT2D eigenvalue weighted by Gasteiger charge is -2.38. The van der Waals surface area contributed by atoms with Crippen LogP contribution in [0.25, 0.3) is 0 Å². The van der Waals surface area contributed by atoms with Gasteiger partial charge in [0.15, 0.2) is 11.8 Å². The summed E-state index contributed by atoms with van der Waals surface area (Å²) >= 11 is 0. The minimum absolute atomic E-state index is 0.0116. The Morgan fingerprint density at radius 3 is 2.24 bits per heavy atom. The Balaban J connectivity index is 1.33. The molecule has 0 aliphatic carbocycles. The van der Waals surface area contributed by atoms with E-state index in [9.17, 15) is 9.59 Å². The Kier molecular flexibility index (Phi) is 5.67. The SMILES string of the molecule is CC(=O)c1ccc(N2CC[NH+]([C@@H](C)C(=O)N3CCc4ccccc4C3)CC2)cc1. The van der Waals surface area contributed by atoms with Crippen LogP contribution in [-0.2, 0) is 17.8 Å². The number of benzene rings is 2. The second kappa shape index (κ2) is 8.37. The maximum Gasteiger partial charge on any atom is 0.280 e. The highest BCUT2D eigenvalue weighted by Gasteiger charge is 2.33. The number of anilines is 1. The Hall–Kier alpha value is -2.66. The normalized spacial score (nSPS) is 18.3. The first-order chi connectivity index (χ1) is 14.0. The molecule has 0 bridgehead atoms. The molecule has 0 aromatic heterocycles. The van der Waals surface area contributed by atoms with Crippen molar-refractivity contribution in [3.05, 3.63) is 65.2 Å². The lowest BCUT2D eigenvalue weighted by Crippen LogP contribution is -3.19.